The molecule has 0 rings (SSSR count). The summed E-state index contributed by atoms with van der Waals surface area (Å²) < 4.78 is 10.5. The second-order valence-corrected chi connectivity index (χ2v) is 6.35. The highest BCUT2D eigenvalue weighted by molar-refractivity contribution is 5.66. The Morgan fingerprint density at radius 1 is 0.957 bits per heavy atom. The largest absolute Gasteiger partial charge is 0.481 e. The van der Waals surface area contributed by atoms with Gasteiger partial charge in [-0.3, -0.25) is 4.79 Å². The summed E-state index contributed by atoms with van der Waals surface area (Å²) in [6.45, 7) is 10.4. The maximum atomic E-state index is 10.0. The monoisotopic (exact) mass is 336 g/mol. The molecule has 0 amide bonds. The number of carbonyl (C=O) groups is 1. The minimum atomic E-state index is -0.677. The van der Waals surface area contributed by atoms with Gasteiger partial charge in [-0.2, -0.15) is 0 Å². The zero-order valence-electron chi connectivity index (χ0n) is 15.3. The fourth-order valence-electron chi connectivity index (χ4n) is 1.53. The van der Waals surface area contributed by atoms with Gasteiger partial charge in [0.15, 0.2) is 0 Å². The van der Waals surface area contributed by atoms with Crippen LogP contribution in [0.4, 0.5) is 0 Å². The molecule has 0 aromatic rings. The van der Waals surface area contributed by atoms with Crippen LogP contribution in [0, 0.1) is 5.92 Å². The topological polar surface area (TPSA) is 96.2 Å². The Labute approximate surface area is 140 Å². The summed E-state index contributed by atoms with van der Waals surface area (Å²) in [6, 6.07) is 0. The van der Waals surface area contributed by atoms with E-state index in [0.29, 0.717) is 25.6 Å². The Morgan fingerprint density at radius 3 is 1.96 bits per heavy atom. The van der Waals surface area contributed by atoms with Crippen LogP contribution >= 0.6 is 0 Å². The van der Waals surface area contributed by atoms with Crippen LogP contribution in [-0.4, -0.2) is 59.4 Å². The highest BCUT2D eigenvalue weighted by atomic mass is 16.5. The molecular formula is C17H36O6. The lowest BCUT2D eigenvalue weighted by molar-refractivity contribution is -0.137. The van der Waals surface area contributed by atoms with Crippen LogP contribution in [0.5, 0.6) is 0 Å². The van der Waals surface area contributed by atoms with Gasteiger partial charge in [0, 0.05) is 6.42 Å². The fourth-order valence-corrected chi connectivity index (χ4v) is 1.53. The number of carboxylic acids is 1. The lowest BCUT2D eigenvalue weighted by Gasteiger charge is -2.16. The number of hydrogen-bond acceptors (Lipinski definition) is 5. The minimum absolute atomic E-state index is 0.0170. The average molecular weight is 336 g/mol. The SMILES string of the molecule is CC(C)CCCCC(=O)O.CC(O)COC(C)COC(C)CO. The molecular weight excluding hydrogens is 300 g/mol. The number of aliphatic carboxylic acids is 1. The van der Waals surface area contributed by atoms with Crippen LogP contribution in [0.15, 0.2) is 0 Å². The number of ether oxygens (including phenoxy) is 2. The first-order valence-corrected chi connectivity index (χ1v) is 8.42. The first-order valence-electron chi connectivity index (χ1n) is 8.42. The molecule has 3 N–H and O–H groups in total. The van der Waals surface area contributed by atoms with E-state index >= 15 is 0 Å². The van der Waals surface area contributed by atoms with Gasteiger partial charge in [-0.05, 0) is 33.1 Å². The Kier molecular flexibility index (Phi) is 17.3. The maximum absolute atomic E-state index is 10.0. The van der Waals surface area contributed by atoms with Crippen molar-refractivity contribution in [2.45, 2.75) is 78.6 Å². The molecule has 0 aromatic carbocycles. The summed E-state index contributed by atoms with van der Waals surface area (Å²) in [6.07, 6.45) is 2.69. The van der Waals surface area contributed by atoms with Crippen molar-refractivity contribution < 1.29 is 29.6 Å². The summed E-state index contributed by atoms with van der Waals surface area (Å²) in [5.74, 6) is 0.0255. The van der Waals surface area contributed by atoms with E-state index in [9.17, 15) is 4.79 Å². The molecule has 0 saturated carbocycles. The van der Waals surface area contributed by atoms with Crippen LogP contribution in [0.3, 0.4) is 0 Å². The molecule has 6 heteroatoms. The molecule has 0 aromatic heterocycles. The standard InChI is InChI=1S/C9H20O4.C8H16O2/c1-7(11)5-12-9(3)6-13-8(2)4-10;1-7(2)5-3-4-6-8(9)10/h7-11H,4-6H2,1-3H3;7H,3-6H2,1-2H3,(H,9,10). The summed E-state index contributed by atoms with van der Waals surface area (Å²) in [5, 5.41) is 25.9. The molecule has 0 aliphatic rings. The Hall–Kier alpha value is -0.690. The summed E-state index contributed by atoms with van der Waals surface area (Å²) in [7, 11) is 0. The van der Waals surface area contributed by atoms with Crippen LogP contribution in [0.1, 0.15) is 60.3 Å². The van der Waals surface area contributed by atoms with Gasteiger partial charge >= 0.3 is 5.97 Å². The number of aliphatic hydroxyl groups is 2. The second kappa shape index (κ2) is 16.2. The van der Waals surface area contributed by atoms with Crippen molar-refractivity contribution in [1.82, 2.24) is 0 Å². The number of carboxylic acid groups (broad SMARTS) is 1. The van der Waals surface area contributed by atoms with E-state index in [-0.39, 0.29) is 18.8 Å². The Bertz CT molecular complexity index is 268. The Balaban J connectivity index is 0. The minimum Gasteiger partial charge on any atom is -0.481 e. The van der Waals surface area contributed by atoms with Gasteiger partial charge < -0.3 is 24.8 Å². The number of unbranched alkanes of at least 4 members (excludes halogenated alkanes) is 1. The predicted octanol–water partition coefficient (Wildman–Crippen LogP) is 2.46. The van der Waals surface area contributed by atoms with Gasteiger partial charge in [-0.25, -0.2) is 0 Å². The molecule has 140 valence electrons. The van der Waals surface area contributed by atoms with E-state index in [1.54, 1.807) is 13.8 Å². The first kappa shape index (κ1) is 24.6. The molecule has 0 aliphatic carbocycles. The van der Waals surface area contributed by atoms with Crippen LogP contribution < -0.4 is 0 Å². The number of aliphatic hydroxyl groups excluding tert-OH is 2. The molecule has 0 radical (unpaired) electrons. The highest BCUT2D eigenvalue weighted by Crippen LogP contribution is 2.07. The van der Waals surface area contributed by atoms with E-state index in [0.717, 1.165) is 19.3 Å². The molecule has 6 nitrogen and oxygen atoms in total. The van der Waals surface area contributed by atoms with Gasteiger partial charge in [0.2, 0.25) is 0 Å². The smallest absolute Gasteiger partial charge is 0.303 e. The third-order valence-corrected chi connectivity index (χ3v) is 2.92. The van der Waals surface area contributed by atoms with E-state index in [4.69, 9.17) is 24.8 Å². The van der Waals surface area contributed by atoms with Crippen LogP contribution in [-0.2, 0) is 14.3 Å². The predicted molar refractivity (Wildman–Crippen MR) is 90.5 cm³/mol. The van der Waals surface area contributed by atoms with Gasteiger partial charge in [0.05, 0.1) is 38.1 Å². The normalized spacial score (nSPS) is 14.8. The molecule has 0 saturated heterocycles. The van der Waals surface area contributed by atoms with Gasteiger partial charge in [0.1, 0.15) is 0 Å². The lowest BCUT2D eigenvalue weighted by Crippen LogP contribution is -2.24. The summed E-state index contributed by atoms with van der Waals surface area (Å²) in [4.78, 5) is 10.0. The second-order valence-electron chi connectivity index (χ2n) is 6.35. The zero-order valence-corrected chi connectivity index (χ0v) is 15.3. The van der Waals surface area contributed by atoms with Crippen molar-refractivity contribution in [2.75, 3.05) is 19.8 Å². The fraction of sp³-hybridized carbons (Fsp3) is 0.941. The van der Waals surface area contributed by atoms with E-state index in [2.05, 4.69) is 13.8 Å². The lowest BCUT2D eigenvalue weighted by atomic mass is 10.1. The molecule has 0 aliphatic heterocycles. The Morgan fingerprint density at radius 2 is 1.52 bits per heavy atom. The van der Waals surface area contributed by atoms with Gasteiger partial charge in [-0.15, -0.1) is 0 Å². The third kappa shape index (κ3) is 23.7. The molecule has 23 heavy (non-hydrogen) atoms. The van der Waals surface area contributed by atoms with Crippen LogP contribution in [0.2, 0.25) is 0 Å². The molecule has 0 fully saturated rings. The summed E-state index contributed by atoms with van der Waals surface area (Å²) in [5.41, 5.74) is 0. The van der Waals surface area contributed by atoms with Crippen molar-refractivity contribution in [2.24, 2.45) is 5.92 Å². The van der Waals surface area contributed by atoms with Crippen molar-refractivity contribution in [3.8, 4) is 0 Å². The van der Waals surface area contributed by atoms with Crippen LogP contribution in [0.25, 0.3) is 0 Å². The first-order chi connectivity index (χ1) is 10.7. The van der Waals surface area contributed by atoms with Crippen molar-refractivity contribution in [1.29, 1.82) is 0 Å². The number of hydrogen-bond donors (Lipinski definition) is 3. The summed E-state index contributed by atoms with van der Waals surface area (Å²) >= 11 is 0. The van der Waals surface area contributed by atoms with Gasteiger partial charge in [-0.1, -0.05) is 26.7 Å². The molecule has 0 bridgehead atoms. The molecule has 0 heterocycles. The van der Waals surface area contributed by atoms with E-state index in [1.807, 2.05) is 6.92 Å². The number of rotatable bonds is 12. The quantitative estimate of drug-likeness (QED) is 0.474. The van der Waals surface area contributed by atoms with Crippen molar-refractivity contribution in [3.63, 3.8) is 0 Å². The zero-order chi connectivity index (χ0) is 18.3. The molecule has 3 atom stereocenters. The van der Waals surface area contributed by atoms with Crippen molar-refractivity contribution >= 4 is 5.97 Å². The van der Waals surface area contributed by atoms with Crippen molar-refractivity contribution in [3.05, 3.63) is 0 Å². The molecule has 0 spiro atoms. The van der Waals surface area contributed by atoms with Gasteiger partial charge in [0.25, 0.3) is 0 Å². The maximum Gasteiger partial charge on any atom is 0.303 e. The van der Waals surface area contributed by atoms with E-state index < -0.39 is 12.1 Å². The molecule has 3 unspecified atom stereocenters. The third-order valence-electron chi connectivity index (χ3n) is 2.92. The highest BCUT2D eigenvalue weighted by Gasteiger charge is 2.07. The average Bonchev–Trinajstić information content (AvgIpc) is 2.47. The van der Waals surface area contributed by atoms with E-state index in [1.165, 1.54) is 0 Å².